The van der Waals surface area contributed by atoms with Crippen molar-refractivity contribution < 1.29 is 17.9 Å². The van der Waals surface area contributed by atoms with E-state index in [1.54, 1.807) is 30.5 Å². The first-order chi connectivity index (χ1) is 18.1. The lowest BCUT2D eigenvalue weighted by Crippen LogP contribution is -2.38. The second kappa shape index (κ2) is 11.9. The summed E-state index contributed by atoms with van der Waals surface area (Å²) in [5, 5.41) is 6.86. The number of aromatic nitrogens is 1. The van der Waals surface area contributed by atoms with E-state index in [0.29, 0.717) is 37.1 Å². The average Bonchev–Trinajstić information content (AvgIpc) is 2.88. The highest BCUT2D eigenvalue weighted by atomic mass is 19.1. The zero-order valence-electron chi connectivity index (χ0n) is 20.8. The molecule has 0 bridgehead atoms. The fraction of sp³-hybridized carbons (Fsp3) is 0.367. The number of nitrogens with zero attached hydrogens (tertiary/aromatic N) is 1. The van der Waals surface area contributed by atoms with Gasteiger partial charge in [0.15, 0.2) is 0 Å². The standard InChI is InChI=1S/C30H32F3N3O/c31-23-8-4-20(5-9-23)27(21-6-10-24(32)11-7-21)16-29(22-2-1-3-22)36-30-19-35-18-28(33)26(30)13-12-25-17-34-14-15-37-25/h4-11,18-19,25,27,34,36H,1-3,12-17H2/t25-/m1/s1. The summed E-state index contributed by atoms with van der Waals surface area (Å²) in [5.74, 6) is -1.06. The monoisotopic (exact) mass is 507 g/mol. The average molecular weight is 508 g/mol. The number of pyridine rings is 1. The third-order valence-corrected chi connectivity index (χ3v) is 7.35. The Balaban J connectivity index is 1.42. The van der Waals surface area contributed by atoms with Gasteiger partial charge in [-0.05, 0) is 73.9 Å². The number of morpholine rings is 1. The van der Waals surface area contributed by atoms with Gasteiger partial charge in [0, 0.05) is 30.3 Å². The summed E-state index contributed by atoms with van der Waals surface area (Å²) in [6, 6.07) is 12.9. The van der Waals surface area contributed by atoms with Crippen LogP contribution in [0.3, 0.4) is 0 Å². The lowest BCUT2D eigenvalue weighted by Gasteiger charge is -2.28. The number of halogens is 3. The maximum absolute atomic E-state index is 15.0. The van der Waals surface area contributed by atoms with Crippen LogP contribution in [0.4, 0.5) is 18.9 Å². The number of hydrogen-bond acceptors (Lipinski definition) is 4. The van der Waals surface area contributed by atoms with Gasteiger partial charge in [0.1, 0.15) is 17.5 Å². The van der Waals surface area contributed by atoms with Gasteiger partial charge < -0.3 is 15.4 Å². The molecule has 1 aliphatic carbocycles. The predicted molar refractivity (Wildman–Crippen MR) is 139 cm³/mol. The van der Waals surface area contributed by atoms with Gasteiger partial charge in [0.25, 0.3) is 0 Å². The Bertz CT molecular complexity index is 1170. The summed E-state index contributed by atoms with van der Waals surface area (Å²) in [4.78, 5) is 4.12. The third-order valence-electron chi connectivity index (χ3n) is 7.35. The van der Waals surface area contributed by atoms with Crippen molar-refractivity contribution in [2.75, 3.05) is 25.0 Å². The number of allylic oxidation sites excluding steroid dienone is 2. The lowest BCUT2D eigenvalue weighted by molar-refractivity contribution is 0.0237. The summed E-state index contributed by atoms with van der Waals surface area (Å²) < 4.78 is 48.2. The van der Waals surface area contributed by atoms with Gasteiger partial charge in [-0.25, -0.2) is 13.2 Å². The second-order valence-electron chi connectivity index (χ2n) is 9.80. The Labute approximate surface area is 216 Å². The topological polar surface area (TPSA) is 46.2 Å². The molecule has 194 valence electrons. The van der Waals surface area contributed by atoms with Crippen molar-refractivity contribution in [3.63, 3.8) is 0 Å². The molecule has 2 aromatic carbocycles. The maximum atomic E-state index is 15.0. The third kappa shape index (κ3) is 6.40. The molecule has 2 N–H and O–H groups in total. The van der Waals surface area contributed by atoms with Crippen molar-refractivity contribution in [1.82, 2.24) is 10.3 Å². The van der Waals surface area contributed by atoms with Crippen molar-refractivity contribution >= 4 is 5.69 Å². The zero-order chi connectivity index (χ0) is 25.6. The summed E-state index contributed by atoms with van der Waals surface area (Å²) in [5.41, 5.74) is 5.45. The van der Waals surface area contributed by atoms with Crippen LogP contribution in [-0.4, -0.2) is 30.8 Å². The molecule has 1 atom stereocenters. The molecule has 37 heavy (non-hydrogen) atoms. The van der Waals surface area contributed by atoms with Crippen LogP contribution in [0.5, 0.6) is 0 Å². The first-order valence-corrected chi connectivity index (χ1v) is 13.0. The van der Waals surface area contributed by atoms with E-state index in [-0.39, 0.29) is 29.5 Å². The van der Waals surface area contributed by atoms with Crippen LogP contribution in [-0.2, 0) is 11.2 Å². The van der Waals surface area contributed by atoms with Crippen molar-refractivity contribution in [2.24, 2.45) is 0 Å². The van der Waals surface area contributed by atoms with Crippen LogP contribution >= 0.6 is 0 Å². The Morgan fingerprint density at radius 3 is 2.22 bits per heavy atom. The Morgan fingerprint density at radius 1 is 0.973 bits per heavy atom. The first-order valence-electron chi connectivity index (χ1n) is 13.0. The van der Waals surface area contributed by atoms with E-state index in [1.165, 1.54) is 36.0 Å². The molecular formula is C30H32F3N3O. The van der Waals surface area contributed by atoms with Gasteiger partial charge >= 0.3 is 0 Å². The largest absolute Gasteiger partial charge is 0.376 e. The highest BCUT2D eigenvalue weighted by Gasteiger charge is 2.23. The van der Waals surface area contributed by atoms with Crippen molar-refractivity contribution in [3.8, 4) is 0 Å². The summed E-state index contributed by atoms with van der Waals surface area (Å²) in [7, 11) is 0. The van der Waals surface area contributed by atoms with Gasteiger partial charge in [-0.1, -0.05) is 29.8 Å². The molecule has 2 heterocycles. The Morgan fingerprint density at radius 2 is 1.65 bits per heavy atom. The van der Waals surface area contributed by atoms with Crippen LogP contribution in [0.1, 0.15) is 54.7 Å². The molecule has 0 radical (unpaired) electrons. The van der Waals surface area contributed by atoms with E-state index in [4.69, 9.17) is 4.74 Å². The van der Waals surface area contributed by atoms with Gasteiger partial charge in [-0.2, -0.15) is 0 Å². The van der Waals surface area contributed by atoms with Crippen molar-refractivity contribution in [2.45, 2.75) is 50.5 Å². The molecule has 3 aromatic rings. The van der Waals surface area contributed by atoms with E-state index >= 15 is 0 Å². The summed E-state index contributed by atoms with van der Waals surface area (Å²) in [6.07, 6.45) is 7.89. The number of anilines is 1. The quantitative estimate of drug-likeness (QED) is 0.348. The minimum Gasteiger partial charge on any atom is -0.376 e. The van der Waals surface area contributed by atoms with Crippen LogP contribution in [0.15, 0.2) is 72.2 Å². The Hall–Kier alpha value is -3.16. The fourth-order valence-corrected chi connectivity index (χ4v) is 5.06. The lowest BCUT2D eigenvalue weighted by atomic mass is 9.82. The molecule has 1 saturated carbocycles. The summed E-state index contributed by atoms with van der Waals surface area (Å²) >= 11 is 0. The molecule has 1 aromatic heterocycles. The SMILES string of the molecule is Fc1ccc(C(CC(Nc2cncc(F)c2CC[C@@H]2CNCCO2)=C2CCC2)c2ccc(F)cc2)cc1. The first kappa shape index (κ1) is 25.5. The van der Waals surface area contributed by atoms with Gasteiger partial charge in [-0.3, -0.25) is 4.98 Å². The molecule has 7 heteroatoms. The molecule has 2 fully saturated rings. The molecule has 1 saturated heterocycles. The predicted octanol–water partition coefficient (Wildman–Crippen LogP) is 6.49. The van der Waals surface area contributed by atoms with Crippen LogP contribution in [0, 0.1) is 17.5 Å². The summed E-state index contributed by atoms with van der Waals surface area (Å²) in [6.45, 7) is 2.27. The molecular weight excluding hydrogens is 475 g/mol. The van der Waals surface area contributed by atoms with Crippen molar-refractivity contribution in [1.29, 1.82) is 0 Å². The maximum Gasteiger partial charge on any atom is 0.146 e. The van der Waals surface area contributed by atoms with Gasteiger partial charge in [-0.15, -0.1) is 0 Å². The smallest absolute Gasteiger partial charge is 0.146 e. The molecule has 4 nitrogen and oxygen atoms in total. The molecule has 0 unspecified atom stereocenters. The molecule has 0 amide bonds. The Kier molecular flexibility index (Phi) is 8.21. The van der Waals surface area contributed by atoms with E-state index in [0.717, 1.165) is 49.2 Å². The normalized spacial score (nSPS) is 17.5. The highest BCUT2D eigenvalue weighted by Crippen LogP contribution is 2.38. The van der Waals surface area contributed by atoms with Crippen LogP contribution < -0.4 is 10.6 Å². The number of ether oxygens (including phenoxy) is 1. The van der Waals surface area contributed by atoms with Gasteiger partial charge in [0.2, 0.25) is 0 Å². The molecule has 0 spiro atoms. The highest BCUT2D eigenvalue weighted by molar-refractivity contribution is 5.55. The molecule has 5 rings (SSSR count). The number of rotatable bonds is 9. The minimum atomic E-state index is -0.333. The minimum absolute atomic E-state index is 0.0555. The molecule has 2 aliphatic rings. The van der Waals surface area contributed by atoms with E-state index in [2.05, 4.69) is 15.6 Å². The van der Waals surface area contributed by atoms with Crippen LogP contribution in [0.25, 0.3) is 0 Å². The van der Waals surface area contributed by atoms with Crippen LogP contribution in [0.2, 0.25) is 0 Å². The zero-order valence-corrected chi connectivity index (χ0v) is 20.8. The second-order valence-corrected chi connectivity index (χ2v) is 9.80. The van der Waals surface area contributed by atoms with E-state index < -0.39 is 0 Å². The number of hydrogen-bond donors (Lipinski definition) is 2. The van der Waals surface area contributed by atoms with E-state index in [9.17, 15) is 13.2 Å². The molecule has 1 aliphatic heterocycles. The number of benzene rings is 2. The van der Waals surface area contributed by atoms with Gasteiger partial charge in [0.05, 0.1) is 30.8 Å². The van der Waals surface area contributed by atoms with Crippen molar-refractivity contribution in [3.05, 3.63) is 106 Å². The number of nitrogens with one attached hydrogen (secondary N) is 2. The van der Waals surface area contributed by atoms with E-state index in [1.807, 2.05) is 0 Å². The fourth-order valence-electron chi connectivity index (χ4n) is 5.06.